The average Bonchev–Trinajstić information content (AvgIpc) is 2.17. The zero-order valence-electron chi connectivity index (χ0n) is 7.87. The van der Waals surface area contributed by atoms with Gasteiger partial charge in [0.1, 0.15) is 0 Å². The van der Waals surface area contributed by atoms with Crippen LogP contribution in [0.3, 0.4) is 0 Å². The van der Waals surface area contributed by atoms with E-state index in [0.717, 1.165) is 0 Å². The molecular formula is C11H13ClO2. The van der Waals surface area contributed by atoms with Crippen molar-refractivity contribution < 1.29 is 9.90 Å². The Morgan fingerprint density at radius 3 is 1.86 bits per heavy atom. The molecule has 76 valence electrons. The topological polar surface area (TPSA) is 37.3 Å². The summed E-state index contributed by atoms with van der Waals surface area (Å²) in [4.78, 5) is 8.77. The Hall–Kier alpha value is -1.02. The molecule has 0 fully saturated rings. The molecule has 0 aliphatic heterocycles. The smallest absolute Gasteiger partial charge is 0.401 e. The lowest BCUT2D eigenvalue weighted by molar-refractivity contribution is 0.220. The maximum atomic E-state index is 8.77. The Bertz CT molecular complexity index is 281. The molecule has 1 aromatic carbocycles. The molecular weight excluding hydrogens is 200 g/mol. The Morgan fingerprint density at radius 1 is 1.14 bits per heavy atom. The van der Waals surface area contributed by atoms with Crippen molar-refractivity contribution in [3.8, 4) is 0 Å². The van der Waals surface area contributed by atoms with Crippen molar-refractivity contribution in [1.29, 1.82) is 0 Å². The molecule has 0 bridgehead atoms. The van der Waals surface area contributed by atoms with Gasteiger partial charge in [0.15, 0.2) is 0 Å². The van der Waals surface area contributed by atoms with Crippen LogP contribution < -0.4 is 0 Å². The number of hydrogen-bond acceptors (Lipinski definition) is 1. The Balaban J connectivity index is 0.000000213. The van der Waals surface area contributed by atoms with Gasteiger partial charge in [0.05, 0.1) is 0 Å². The van der Waals surface area contributed by atoms with Crippen molar-refractivity contribution in [2.45, 2.75) is 25.7 Å². The maximum absolute atomic E-state index is 8.77. The molecule has 1 aromatic rings. The summed E-state index contributed by atoms with van der Waals surface area (Å²) < 4.78 is 0. The van der Waals surface area contributed by atoms with Crippen LogP contribution in [-0.2, 0) is 12.8 Å². The number of aryl methyl sites for hydroxylation is 2. The van der Waals surface area contributed by atoms with Crippen LogP contribution in [0.2, 0.25) is 0 Å². The van der Waals surface area contributed by atoms with Crippen LogP contribution in [0.4, 0.5) is 4.79 Å². The van der Waals surface area contributed by atoms with Gasteiger partial charge in [0.2, 0.25) is 0 Å². The number of carboxylic acid groups (broad SMARTS) is 1. The van der Waals surface area contributed by atoms with Crippen molar-refractivity contribution >= 4 is 17.0 Å². The summed E-state index contributed by atoms with van der Waals surface area (Å²) in [6.07, 6.45) is 5.38. The van der Waals surface area contributed by atoms with Gasteiger partial charge in [-0.25, -0.2) is 4.79 Å². The molecule has 14 heavy (non-hydrogen) atoms. The van der Waals surface area contributed by atoms with E-state index >= 15 is 0 Å². The molecule has 1 N–H and O–H groups in total. The highest BCUT2D eigenvalue weighted by molar-refractivity contribution is 6.60. The Kier molecular flexibility index (Phi) is 4.47. The second-order valence-corrected chi connectivity index (χ2v) is 3.55. The molecule has 0 atom stereocenters. The molecule has 0 radical (unpaired) electrons. The van der Waals surface area contributed by atoms with Gasteiger partial charge in [-0.05, 0) is 36.8 Å². The van der Waals surface area contributed by atoms with Gasteiger partial charge in [-0.3, -0.25) is 0 Å². The number of benzene rings is 1. The summed E-state index contributed by atoms with van der Waals surface area (Å²) >= 11 is 4.19. The van der Waals surface area contributed by atoms with Gasteiger partial charge in [-0.15, -0.1) is 0 Å². The van der Waals surface area contributed by atoms with Crippen LogP contribution in [-0.4, -0.2) is 10.5 Å². The molecule has 0 amide bonds. The lowest BCUT2D eigenvalue weighted by Gasteiger charge is -2.13. The first-order valence-corrected chi connectivity index (χ1v) is 5.03. The van der Waals surface area contributed by atoms with E-state index in [0.29, 0.717) is 0 Å². The monoisotopic (exact) mass is 212 g/mol. The minimum absolute atomic E-state index is 1.30. The molecule has 3 heteroatoms. The fourth-order valence-corrected chi connectivity index (χ4v) is 1.68. The average molecular weight is 213 g/mol. The van der Waals surface area contributed by atoms with E-state index in [9.17, 15) is 0 Å². The van der Waals surface area contributed by atoms with Gasteiger partial charge in [0.25, 0.3) is 0 Å². The predicted molar refractivity (Wildman–Crippen MR) is 57.0 cm³/mol. The Morgan fingerprint density at radius 2 is 1.50 bits per heavy atom. The van der Waals surface area contributed by atoms with E-state index < -0.39 is 5.43 Å². The summed E-state index contributed by atoms with van der Waals surface area (Å²) in [6.45, 7) is 0. The number of rotatable bonds is 0. The quantitative estimate of drug-likeness (QED) is 0.669. The zero-order valence-corrected chi connectivity index (χ0v) is 8.63. The first kappa shape index (κ1) is 11.1. The van der Waals surface area contributed by atoms with Crippen LogP contribution >= 0.6 is 11.6 Å². The SMILES string of the molecule is O=C(O)Cl.c1ccc2c(c1)CCCC2. The van der Waals surface area contributed by atoms with Crippen molar-refractivity contribution in [2.75, 3.05) is 0 Å². The normalized spacial score (nSPS) is 13.5. The standard InChI is InChI=1S/C10H12.CHClO2/c1-2-6-10-8-4-3-7-9(10)5-1;2-1(3)4/h1-2,5-6H,3-4,7-8H2;(H,3,4). The van der Waals surface area contributed by atoms with Crippen molar-refractivity contribution in [2.24, 2.45) is 0 Å². The van der Waals surface area contributed by atoms with Gasteiger partial charge in [-0.2, -0.15) is 0 Å². The molecule has 0 heterocycles. The third-order valence-corrected chi connectivity index (χ3v) is 2.26. The van der Waals surface area contributed by atoms with Crippen molar-refractivity contribution in [3.05, 3.63) is 35.4 Å². The zero-order chi connectivity index (χ0) is 10.4. The summed E-state index contributed by atoms with van der Waals surface area (Å²) in [7, 11) is 0. The van der Waals surface area contributed by atoms with E-state index in [1.807, 2.05) is 0 Å². The maximum Gasteiger partial charge on any atom is 0.401 e. The minimum atomic E-state index is -1.36. The van der Waals surface area contributed by atoms with Gasteiger partial charge in [0, 0.05) is 11.6 Å². The lowest BCUT2D eigenvalue weighted by atomic mass is 9.92. The van der Waals surface area contributed by atoms with E-state index in [2.05, 4.69) is 35.9 Å². The molecule has 2 rings (SSSR count). The van der Waals surface area contributed by atoms with E-state index in [1.54, 1.807) is 11.1 Å². The fourth-order valence-electron chi connectivity index (χ4n) is 1.68. The van der Waals surface area contributed by atoms with Crippen molar-refractivity contribution in [3.63, 3.8) is 0 Å². The van der Waals surface area contributed by atoms with Gasteiger partial charge in [-0.1, -0.05) is 24.3 Å². The molecule has 0 saturated carbocycles. The minimum Gasteiger partial charge on any atom is -0.469 e. The third-order valence-electron chi connectivity index (χ3n) is 2.26. The third kappa shape index (κ3) is 3.79. The molecule has 0 spiro atoms. The number of hydrogen-bond donors (Lipinski definition) is 1. The summed E-state index contributed by atoms with van der Waals surface area (Å²) in [5.74, 6) is 0. The van der Waals surface area contributed by atoms with Crippen LogP contribution in [0.15, 0.2) is 24.3 Å². The molecule has 1 aliphatic rings. The van der Waals surface area contributed by atoms with Crippen LogP contribution in [0.5, 0.6) is 0 Å². The lowest BCUT2D eigenvalue weighted by Crippen LogP contribution is -2.00. The number of carbonyl (C=O) groups is 1. The van der Waals surface area contributed by atoms with E-state index in [-0.39, 0.29) is 0 Å². The highest BCUT2D eigenvalue weighted by Crippen LogP contribution is 2.19. The van der Waals surface area contributed by atoms with Gasteiger partial charge >= 0.3 is 5.43 Å². The highest BCUT2D eigenvalue weighted by atomic mass is 35.5. The summed E-state index contributed by atoms with van der Waals surface area (Å²) in [5.41, 5.74) is 1.79. The molecule has 0 saturated heterocycles. The predicted octanol–water partition coefficient (Wildman–Crippen LogP) is 3.47. The molecule has 0 aromatic heterocycles. The van der Waals surface area contributed by atoms with E-state index in [4.69, 9.17) is 9.90 Å². The van der Waals surface area contributed by atoms with Crippen LogP contribution in [0, 0.1) is 0 Å². The largest absolute Gasteiger partial charge is 0.469 e. The van der Waals surface area contributed by atoms with Gasteiger partial charge < -0.3 is 5.11 Å². The first-order chi connectivity index (χ1) is 6.70. The summed E-state index contributed by atoms with van der Waals surface area (Å²) in [6, 6.07) is 8.80. The van der Waals surface area contributed by atoms with Crippen molar-refractivity contribution in [1.82, 2.24) is 0 Å². The molecule has 0 unspecified atom stereocenters. The molecule has 2 nitrogen and oxygen atoms in total. The second kappa shape index (κ2) is 5.66. The first-order valence-electron chi connectivity index (χ1n) is 4.65. The second-order valence-electron chi connectivity index (χ2n) is 3.23. The molecule has 1 aliphatic carbocycles. The van der Waals surface area contributed by atoms with Crippen LogP contribution in [0.25, 0.3) is 0 Å². The Labute approximate surface area is 88.5 Å². The number of fused-ring (bicyclic) bond motifs is 1. The summed E-state index contributed by atoms with van der Waals surface area (Å²) in [5, 5.41) is 7.18. The number of halogens is 1. The fraction of sp³-hybridized carbons (Fsp3) is 0.364. The van der Waals surface area contributed by atoms with Crippen LogP contribution in [0.1, 0.15) is 24.0 Å². The van der Waals surface area contributed by atoms with E-state index in [1.165, 1.54) is 25.7 Å². The highest BCUT2D eigenvalue weighted by Gasteiger charge is 2.05.